The molecule has 2 aliphatic rings. The lowest BCUT2D eigenvalue weighted by Gasteiger charge is -2.29. The number of hydrogen-bond donors (Lipinski definition) is 0. The van der Waals surface area contributed by atoms with Crippen molar-refractivity contribution in [2.45, 2.75) is 19.9 Å². The van der Waals surface area contributed by atoms with E-state index in [1.165, 1.54) is 4.90 Å². The van der Waals surface area contributed by atoms with Gasteiger partial charge >= 0.3 is 0 Å². The molecular formula is C18H22N2O4S. The highest BCUT2D eigenvalue weighted by Gasteiger charge is 2.36. The maximum atomic E-state index is 12.4. The molecule has 2 heterocycles. The summed E-state index contributed by atoms with van der Waals surface area (Å²) in [5.74, 6) is 0.435. The number of morpholine rings is 1. The van der Waals surface area contributed by atoms with E-state index in [0.717, 1.165) is 36.1 Å². The molecule has 0 saturated carbocycles. The maximum absolute atomic E-state index is 12.4. The second-order valence-electron chi connectivity index (χ2n) is 6.17. The molecule has 6 nitrogen and oxygen atoms in total. The van der Waals surface area contributed by atoms with Crippen molar-refractivity contribution in [2.24, 2.45) is 0 Å². The molecule has 0 atom stereocenters. The minimum atomic E-state index is -0.246. The highest BCUT2D eigenvalue weighted by Crippen LogP contribution is 2.36. The smallest absolute Gasteiger partial charge is 0.293 e. The normalized spacial score (nSPS) is 20.1. The van der Waals surface area contributed by atoms with Crippen LogP contribution in [0, 0.1) is 0 Å². The van der Waals surface area contributed by atoms with E-state index >= 15 is 0 Å². The van der Waals surface area contributed by atoms with Gasteiger partial charge in [-0.1, -0.05) is 0 Å². The molecular weight excluding hydrogens is 340 g/mol. The van der Waals surface area contributed by atoms with E-state index in [2.05, 4.69) is 4.90 Å². The van der Waals surface area contributed by atoms with Crippen molar-refractivity contribution in [3.05, 3.63) is 28.7 Å². The Morgan fingerprint density at radius 1 is 1.24 bits per heavy atom. The first-order valence-electron chi connectivity index (χ1n) is 8.29. The quantitative estimate of drug-likeness (QED) is 0.768. The van der Waals surface area contributed by atoms with E-state index in [4.69, 9.17) is 9.47 Å². The number of rotatable bonds is 4. The molecule has 1 aromatic carbocycles. The van der Waals surface area contributed by atoms with Gasteiger partial charge in [-0.25, -0.2) is 0 Å². The van der Waals surface area contributed by atoms with Crippen molar-refractivity contribution in [3.8, 4) is 5.75 Å². The molecule has 0 bridgehead atoms. The predicted molar refractivity (Wildman–Crippen MR) is 99.0 cm³/mol. The molecule has 7 heteroatoms. The summed E-state index contributed by atoms with van der Waals surface area (Å²) < 4.78 is 10.9. The molecule has 0 radical (unpaired) electrons. The lowest BCUT2D eigenvalue weighted by atomic mass is 10.1. The first kappa shape index (κ1) is 17.8. The van der Waals surface area contributed by atoms with E-state index < -0.39 is 0 Å². The summed E-state index contributed by atoms with van der Waals surface area (Å²) in [7, 11) is 1.61. The van der Waals surface area contributed by atoms with Crippen LogP contribution in [0.15, 0.2) is 23.1 Å². The third kappa shape index (κ3) is 3.67. The Morgan fingerprint density at radius 3 is 2.56 bits per heavy atom. The van der Waals surface area contributed by atoms with E-state index in [1.807, 2.05) is 32.0 Å². The number of nitrogens with zero attached hydrogens (tertiary/aromatic N) is 2. The van der Waals surface area contributed by atoms with Gasteiger partial charge in [-0.3, -0.25) is 14.5 Å². The zero-order valence-electron chi connectivity index (χ0n) is 14.7. The third-order valence-corrected chi connectivity index (χ3v) is 5.10. The number of carbonyl (C=O) groups excluding carboxylic acids is 2. The summed E-state index contributed by atoms with van der Waals surface area (Å²) in [6.07, 6.45) is 1.73. The molecule has 0 aromatic heterocycles. The standard InChI is InChI=1S/C18H22N2O4S/c1-12(2)20-17(21)16(25-18(20)22)10-13-4-5-14(11-15(13)23-3)19-6-8-24-9-7-19/h4-5,10-12H,6-9H2,1-3H3/b16-10-. The number of anilines is 1. The minimum absolute atomic E-state index is 0.149. The molecule has 2 amide bonds. The van der Waals surface area contributed by atoms with Crippen molar-refractivity contribution in [3.63, 3.8) is 0 Å². The highest BCUT2D eigenvalue weighted by molar-refractivity contribution is 8.18. The number of amides is 2. The monoisotopic (exact) mass is 362 g/mol. The van der Waals surface area contributed by atoms with Crippen molar-refractivity contribution >= 4 is 34.7 Å². The molecule has 0 unspecified atom stereocenters. The van der Waals surface area contributed by atoms with Crippen molar-refractivity contribution in [2.75, 3.05) is 38.3 Å². The Labute approximate surface area is 151 Å². The number of imide groups is 1. The molecule has 25 heavy (non-hydrogen) atoms. The molecule has 0 spiro atoms. The molecule has 2 saturated heterocycles. The Bertz CT molecular complexity index is 711. The van der Waals surface area contributed by atoms with Gasteiger partial charge in [0.15, 0.2) is 0 Å². The average Bonchev–Trinajstić information content (AvgIpc) is 2.89. The summed E-state index contributed by atoms with van der Waals surface area (Å²) >= 11 is 0.972. The predicted octanol–water partition coefficient (Wildman–Crippen LogP) is 2.98. The fourth-order valence-corrected chi connectivity index (χ4v) is 3.86. The third-order valence-electron chi connectivity index (χ3n) is 4.22. The molecule has 3 rings (SSSR count). The fourth-order valence-electron chi connectivity index (χ4n) is 2.90. The zero-order chi connectivity index (χ0) is 18.0. The lowest BCUT2D eigenvalue weighted by molar-refractivity contribution is -0.123. The molecule has 2 aliphatic heterocycles. The van der Waals surface area contributed by atoms with Crippen LogP contribution < -0.4 is 9.64 Å². The summed E-state index contributed by atoms with van der Waals surface area (Å²) in [6, 6.07) is 5.74. The van der Waals surface area contributed by atoms with Gasteiger partial charge in [-0.2, -0.15) is 0 Å². The van der Waals surface area contributed by atoms with Gasteiger partial charge in [0, 0.05) is 36.4 Å². The SMILES string of the molecule is COc1cc(N2CCOCC2)ccc1/C=C1\SC(=O)N(C(C)C)C1=O. The highest BCUT2D eigenvalue weighted by atomic mass is 32.2. The van der Waals surface area contributed by atoms with Crippen LogP contribution in [0.25, 0.3) is 6.08 Å². The van der Waals surface area contributed by atoms with Gasteiger partial charge in [0.1, 0.15) is 5.75 Å². The molecule has 0 aliphatic carbocycles. The Hall–Kier alpha value is -1.99. The van der Waals surface area contributed by atoms with E-state index in [0.29, 0.717) is 23.9 Å². The second kappa shape index (κ2) is 7.49. The summed E-state index contributed by atoms with van der Waals surface area (Å²) in [5.41, 5.74) is 1.85. The van der Waals surface area contributed by atoms with Crippen molar-refractivity contribution < 1.29 is 19.1 Å². The van der Waals surface area contributed by atoms with E-state index in [9.17, 15) is 9.59 Å². The van der Waals surface area contributed by atoms with E-state index in [1.54, 1.807) is 13.2 Å². The van der Waals surface area contributed by atoms with Crippen LogP contribution in [-0.4, -0.2) is 55.5 Å². The number of benzene rings is 1. The number of ether oxygens (including phenoxy) is 2. The first-order valence-corrected chi connectivity index (χ1v) is 9.10. The van der Waals surface area contributed by atoms with Crippen LogP contribution >= 0.6 is 11.8 Å². The fraction of sp³-hybridized carbons (Fsp3) is 0.444. The Kier molecular flexibility index (Phi) is 5.34. The summed E-state index contributed by atoms with van der Waals surface area (Å²) in [5, 5.41) is -0.227. The summed E-state index contributed by atoms with van der Waals surface area (Å²) in [6.45, 7) is 6.78. The van der Waals surface area contributed by atoms with E-state index in [-0.39, 0.29) is 17.2 Å². The first-order chi connectivity index (χ1) is 12.0. The van der Waals surface area contributed by atoms with Crippen LogP contribution in [-0.2, 0) is 9.53 Å². The lowest BCUT2D eigenvalue weighted by Crippen LogP contribution is -2.36. The van der Waals surface area contributed by atoms with Gasteiger partial charge < -0.3 is 14.4 Å². The van der Waals surface area contributed by atoms with Crippen molar-refractivity contribution in [1.82, 2.24) is 4.90 Å². The number of thioether (sulfide) groups is 1. The van der Waals surface area contributed by atoms with Crippen LogP contribution in [0.4, 0.5) is 10.5 Å². The maximum Gasteiger partial charge on any atom is 0.293 e. The van der Waals surface area contributed by atoms with Gasteiger partial charge in [0.2, 0.25) is 0 Å². The largest absolute Gasteiger partial charge is 0.496 e. The number of methoxy groups -OCH3 is 1. The van der Waals surface area contributed by atoms with Gasteiger partial charge in [0.05, 0.1) is 25.2 Å². The second-order valence-corrected chi connectivity index (χ2v) is 7.16. The topological polar surface area (TPSA) is 59.1 Å². The van der Waals surface area contributed by atoms with Crippen LogP contribution in [0.5, 0.6) is 5.75 Å². The zero-order valence-corrected chi connectivity index (χ0v) is 15.5. The molecule has 134 valence electrons. The van der Waals surface area contributed by atoms with Gasteiger partial charge in [-0.15, -0.1) is 0 Å². The molecule has 1 aromatic rings. The minimum Gasteiger partial charge on any atom is -0.496 e. The van der Waals surface area contributed by atoms with Gasteiger partial charge in [-0.05, 0) is 43.8 Å². The van der Waals surface area contributed by atoms with Gasteiger partial charge in [0.25, 0.3) is 11.1 Å². The van der Waals surface area contributed by atoms with Crippen LogP contribution in [0.3, 0.4) is 0 Å². The average molecular weight is 362 g/mol. The molecule has 2 fully saturated rings. The Morgan fingerprint density at radius 2 is 1.96 bits per heavy atom. The number of hydrogen-bond acceptors (Lipinski definition) is 6. The molecule has 0 N–H and O–H groups in total. The van der Waals surface area contributed by atoms with Crippen LogP contribution in [0.1, 0.15) is 19.4 Å². The number of carbonyl (C=O) groups is 2. The summed E-state index contributed by atoms with van der Waals surface area (Å²) in [4.78, 5) is 28.4. The van der Waals surface area contributed by atoms with Crippen LogP contribution in [0.2, 0.25) is 0 Å². The van der Waals surface area contributed by atoms with Crippen molar-refractivity contribution in [1.29, 1.82) is 0 Å². The Balaban J connectivity index is 1.87.